The molecule has 0 bridgehead atoms. The molecule has 0 radical (unpaired) electrons. The second-order valence-electron chi connectivity index (χ2n) is 4.51. The fourth-order valence-electron chi connectivity index (χ4n) is 1.86. The number of carbonyl (C=O) groups is 1. The van der Waals surface area contributed by atoms with Gasteiger partial charge in [0.2, 0.25) is 5.91 Å². The second kappa shape index (κ2) is 7.17. The average Bonchev–Trinajstić information content (AvgIpc) is 2.39. The van der Waals surface area contributed by atoms with Gasteiger partial charge in [0.1, 0.15) is 6.54 Å². The van der Waals surface area contributed by atoms with E-state index >= 15 is 0 Å². The van der Waals surface area contributed by atoms with Crippen LogP contribution in [0.3, 0.4) is 0 Å². The van der Waals surface area contributed by atoms with Crippen molar-refractivity contribution >= 4 is 23.4 Å². The van der Waals surface area contributed by atoms with Crippen LogP contribution >= 0.6 is 11.8 Å². The Hall–Kier alpha value is -1.51. The Bertz CT molecular complexity index is 454. The highest BCUT2D eigenvalue weighted by Gasteiger charge is 2.19. The van der Waals surface area contributed by atoms with Crippen LogP contribution in [0.25, 0.3) is 0 Å². The van der Waals surface area contributed by atoms with Crippen molar-refractivity contribution in [1.82, 2.24) is 5.32 Å². The zero-order valence-corrected chi connectivity index (χ0v) is 11.5. The van der Waals surface area contributed by atoms with Crippen LogP contribution in [0, 0.1) is 17.2 Å². The maximum Gasteiger partial charge on any atom is 0.237 e. The van der Waals surface area contributed by atoms with Gasteiger partial charge in [-0.25, -0.2) is 0 Å². The quantitative estimate of drug-likeness (QED) is 0.799. The first kappa shape index (κ1) is 13.9. The summed E-state index contributed by atoms with van der Waals surface area (Å²) in [5, 5.41) is 12.1. The van der Waals surface area contributed by atoms with Crippen LogP contribution in [0.1, 0.15) is 0 Å². The first-order chi connectivity index (χ1) is 9.31. The molecular formula is C14H17N3OS. The fourth-order valence-corrected chi connectivity index (χ4v) is 2.88. The van der Waals surface area contributed by atoms with Gasteiger partial charge in [0.05, 0.1) is 11.8 Å². The van der Waals surface area contributed by atoms with Gasteiger partial charge >= 0.3 is 0 Å². The highest BCUT2D eigenvalue weighted by atomic mass is 32.2. The standard InChI is InChI=1S/C14H17N3OS/c15-6-7-17(13-4-2-1-3-5-13)14(18)11-19-10-12-8-16-9-12/h1-5,12,16H,7-11H2. The minimum Gasteiger partial charge on any atom is -0.316 e. The molecule has 0 spiro atoms. The van der Waals surface area contributed by atoms with Gasteiger partial charge in [0.25, 0.3) is 0 Å². The van der Waals surface area contributed by atoms with E-state index in [1.165, 1.54) is 0 Å². The number of hydrogen-bond acceptors (Lipinski definition) is 4. The van der Waals surface area contributed by atoms with Gasteiger partial charge in [0.15, 0.2) is 0 Å². The lowest BCUT2D eigenvalue weighted by Gasteiger charge is -2.27. The first-order valence-corrected chi connectivity index (χ1v) is 7.47. The van der Waals surface area contributed by atoms with Crippen LogP contribution in [0.2, 0.25) is 0 Å². The fraction of sp³-hybridized carbons (Fsp3) is 0.429. The maximum atomic E-state index is 12.2. The number of para-hydroxylation sites is 1. The van der Waals surface area contributed by atoms with Crippen molar-refractivity contribution in [2.75, 3.05) is 36.0 Å². The van der Waals surface area contributed by atoms with E-state index in [0.29, 0.717) is 11.7 Å². The van der Waals surface area contributed by atoms with Crippen molar-refractivity contribution < 1.29 is 4.79 Å². The summed E-state index contributed by atoms with van der Waals surface area (Å²) < 4.78 is 0. The summed E-state index contributed by atoms with van der Waals surface area (Å²) in [6, 6.07) is 11.4. The number of benzene rings is 1. The number of nitrogens with zero attached hydrogens (tertiary/aromatic N) is 2. The summed E-state index contributed by atoms with van der Waals surface area (Å²) in [5.41, 5.74) is 0.792. The molecule has 100 valence electrons. The van der Waals surface area contributed by atoms with E-state index in [1.807, 2.05) is 30.3 Å². The molecule has 0 atom stereocenters. The Balaban J connectivity index is 1.87. The number of hydrogen-bond donors (Lipinski definition) is 1. The Morgan fingerprint density at radius 1 is 1.42 bits per heavy atom. The third-order valence-corrected chi connectivity index (χ3v) is 4.20. The van der Waals surface area contributed by atoms with Crippen molar-refractivity contribution in [1.29, 1.82) is 5.26 Å². The highest BCUT2D eigenvalue weighted by molar-refractivity contribution is 7.99. The largest absolute Gasteiger partial charge is 0.316 e. The molecule has 1 aromatic rings. The number of nitrogens with one attached hydrogen (secondary N) is 1. The molecule has 4 nitrogen and oxygen atoms in total. The number of carbonyl (C=O) groups excluding carboxylic acids is 1. The molecule has 0 aliphatic carbocycles. The summed E-state index contributed by atoms with van der Waals surface area (Å²) in [6.07, 6.45) is 0. The predicted octanol–water partition coefficient (Wildman–Crippen LogP) is 1.50. The van der Waals surface area contributed by atoms with Crippen LogP contribution < -0.4 is 10.2 Å². The molecule has 1 heterocycles. The number of thioether (sulfide) groups is 1. The van der Waals surface area contributed by atoms with E-state index in [2.05, 4.69) is 11.4 Å². The van der Waals surface area contributed by atoms with Crippen LogP contribution in [-0.2, 0) is 4.79 Å². The van der Waals surface area contributed by atoms with Crippen LogP contribution in [-0.4, -0.2) is 37.0 Å². The lowest BCUT2D eigenvalue weighted by molar-refractivity contribution is -0.116. The third-order valence-electron chi connectivity index (χ3n) is 3.04. The topological polar surface area (TPSA) is 56.1 Å². The molecule has 2 rings (SSSR count). The predicted molar refractivity (Wildman–Crippen MR) is 78.1 cm³/mol. The Kier molecular flexibility index (Phi) is 5.25. The average molecular weight is 275 g/mol. The van der Waals surface area contributed by atoms with Crippen molar-refractivity contribution in [3.63, 3.8) is 0 Å². The molecule has 1 saturated heterocycles. The minimum absolute atomic E-state index is 0.00466. The first-order valence-electron chi connectivity index (χ1n) is 6.32. The van der Waals surface area contributed by atoms with Gasteiger partial charge in [-0.05, 0) is 36.9 Å². The Labute approximate surface area is 117 Å². The lowest BCUT2D eigenvalue weighted by atomic mass is 10.1. The van der Waals surface area contributed by atoms with Crippen LogP contribution in [0.4, 0.5) is 5.69 Å². The van der Waals surface area contributed by atoms with Gasteiger partial charge < -0.3 is 5.32 Å². The lowest BCUT2D eigenvalue weighted by Crippen LogP contribution is -2.43. The van der Waals surface area contributed by atoms with E-state index in [9.17, 15) is 4.79 Å². The van der Waals surface area contributed by atoms with Crippen LogP contribution in [0.5, 0.6) is 0 Å². The molecule has 1 N–H and O–H groups in total. The maximum absolute atomic E-state index is 12.2. The SMILES string of the molecule is N#CCN(C(=O)CSCC1CNC1)c1ccccc1. The van der Waals surface area contributed by atoms with Crippen LogP contribution in [0.15, 0.2) is 30.3 Å². The van der Waals surface area contributed by atoms with E-state index in [0.717, 1.165) is 24.5 Å². The third kappa shape index (κ3) is 3.98. The zero-order valence-electron chi connectivity index (χ0n) is 10.7. The summed E-state index contributed by atoms with van der Waals surface area (Å²) in [7, 11) is 0. The summed E-state index contributed by atoms with van der Waals surface area (Å²) in [4.78, 5) is 13.7. The van der Waals surface area contributed by atoms with Gasteiger partial charge in [-0.3, -0.25) is 9.69 Å². The normalized spacial score (nSPS) is 14.5. The highest BCUT2D eigenvalue weighted by Crippen LogP contribution is 2.17. The molecule has 1 aromatic carbocycles. The monoisotopic (exact) mass is 275 g/mol. The molecule has 1 aliphatic rings. The molecule has 19 heavy (non-hydrogen) atoms. The molecule has 1 fully saturated rings. The zero-order chi connectivity index (χ0) is 13.5. The number of anilines is 1. The van der Waals surface area contributed by atoms with E-state index in [-0.39, 0.29) is 12.5 Å². The summed E-state index contributed by atoms with van der Waals surface area (Å²) in [6.45, 7) is 2.22. The molecule has 1 amide bonds. The van der Waals surface area contributed by atoms with Gasteiger partial charge in [-0.2, -0.15) is 17.0 Å². The molecule has 1 aliphatic heterocycles. The number of rotatable bonds is 6. The number of nitriles is 1. The second-order valence-corrected chi connectivity index (χ2v) is 5.54. The van der Waals surface area contributed by atoms with Gasteiger partial charge in [-0.1, -0.05) is 18.2 Å². The van der Waals surface area contributed by atoms with Gasteiger partial charge in [0, 0.05) is 5.69 Å². The van der Waals surface area contributed by atoms with Gasteiger partial charge in [-0.15, -0.1) is 0 Å². The van der Waals surface area contributed by atoms with E-state index in [1.54, 1.807) is 16.7 Å². The Morgan fingerprint density at radius 2 is 2.16 bits per heavy atom. The molecule has 0 unspecified atom stereocenters. The molecule has 0 aromatic heterocycles. The van der Waals surface area contributed by atoms with E-state index in [4.69, 9.17) is 5.26 Å². The smallest absolute Gasteiger partial charge is 0.237 e. The van der Waals surface area contributed by atoms with Crippen molar-refractivity contribution in [3.05, 3.63) is 30.3 Å². The summed E-state index contributed by atoms with van der Waals surface area (Å²) >= 11 is 1.65. The number of amides is 1. The minimum atomic E-state index is 0.00466. The molecular weight excluding hydrogens is 258 g/mol. The molecule has 0 saturated carbocycles. The molecule has 5 heteroatoms. The Morgan fingerprint density at radius 3 is 2.74 bits per heavy atom. The van der Waals surface area contributed by atoms with Crippen molar-refractivity contribution in [3.8, 4) is 6.07 Å². The summed E-state index contributed by atoms with van der Waals surface area (Å²) in [5.74, 6) is 2.14. The van der Waals surface area contributed by atoms with Crippen molar-refractivity contribution in [2.45, 2.75) is 0 Å². The van der Waals surface area contributed by atoms with E-state index < -0.39 is 0 Å². The van der Waals surface area contributed by atoms with Crippen molar-refractivity contribution in [2.24, 2.45) is 5.92 Å².